The van der Waals surface area contributed by atoms with Gasteiger partial charge in [0.15, 0.2) is 5.65 Å². The molecular formula is C23H28N4O. The van der Waals surface area contributed by atoms with Crippen molar-refractivity contribution in [3.05, 3.63) is 53.3 Å². The predicted octanol–water partition coefficient (Wildman–Crippen LogP) is 4.20. The molecule has 0 saturated heterocycles. The second-order valence-electron chi connectivity index (χ2n) is 7.98. The number of hydrogen-bond donors (Lipinski definition) is 0. The van der Waals surface area contributed by atoms with Crippen molar-refractivity contribution in [3.8, 4) is 11.3 Å². The number of aryl methyl sites for hydroxylation is 2. The molecule has 0 atom stereocenters. The number of nitrogens with zero attached hydrogens (tertiary/aromatic N) is 4. The average molecular weight is 377 g/mol. The second kappa shape index (κ2) is 7.74. The molecule has 4 rings (SSSR count). The molecule has 1 aliphatic rings. The van der Waals surface area contributed by atoms with Crippen LogP contribution in [0.3, 0.4) is 0 Å². The van der Waals surface area contributed by atoms with Gasteiger partial charge in [-0.25, -0.2) is 9.50 Å². The molecule has 146 valence electrons. The van der Waals surface area contributed by atoms with Crippen LogP contribution in [0.25, 0.3) is 16.9 Å². The van der Waals surface area contributed by atoms with E-state index in [1.165, 1.54) is 18.4 Å². The molecule has 1 aromatic carbocycles. The Labute approximate surface area is 166 Å². The molecule has 0 aliphatic heterocycles. The Morgan fingerprint density at radius 3 is 2.57 bits per heavy atom. The minimum absolute atomic E-state index is 0.173. The lowest BCUT2D eigenvalue weighted by Gasteiger charge is -2.22. The summed E-state index contributed by atoms with van der Waals surface area (Å²) < 4.78 is 1.85. The van der Waals surface area contributed by atoms with Crippen molar-refractivity contribution in [2.45, 2.75) is 46.5 Å². The smallest absolute Gasteiger partial charge is 0.228 e. The van der Waals surface area contributed by atoms with E-state index in [-0.39, 0.29) is 5.91 Å². The fraction of sp³-hybridized carbons (Fsp3) is 0.435. The molecule has 5 nitrogen and oxygen atoms in total. The molecule has 28 heavy (non-hydrogen) atoms. The minimum atomic E-state index is 0.173. The zero-order chi connectivity index (χ0) is 19.7. The Balaban J connectivity index is 1.72. The third kappa shape index (κ3) is 3.93. The molecule has 0 radical (unpaired) electrons. The van der Waals surface area contributed by atoms with Crippen molar-refractivity contribution in [3.63, 3.8) is 0 Å². The van der Waals surface area contributed by atoms with Crippen molar-refractivity contribution in [1.29, 1.82) is 0 Å². The maximum atomic E-state index is 13.2. The summed E-state index contributed by atoms with van der Waals surface area (Å²) in [6.07, 6.45) is 3.80. The van der Waals surface area contributed by atoms with E-state index in [0.717, 1.165) is 47.8 Å². The second-order valence-corrected chi connectivity index (χ2v) is 7.98. The van der Waals surface area contributed by atoms with Crippen molar-refractivity contribution < 1.29 is 4.79 Å². The quantitative estimate of drug-likeness (QED) is 0.621. The molecule has 2 heterocycles. The van der Waals surface area contributed by atoms with Gasteiger partial charge in [0, 0.05) is 18.7 Å². The number of carbonyl (C=O) groups excluding carboxylic acids is 1. The normalized spacial score (nSPS) is 13.8. The summed E-state index contributed by atoms with van der Waals surface area (Å²) in [6, 6.07) is 12.3. The van der Waals surface area contributed by atoms with Gasteiger partial charge in [0.1, 0.15) is 0 Å². The predicted molar refractivity (Wildman–Crippen MR) is 111 cm³/mol. The topological polar surface area (TPSA) is 50.5 Å². The fourth-order valence-electron chi connectivity index (χ4n) is 3.63. The number of benzene rings is 1. The molecule has 1 fully saturated rings. The van der Waals surface area contributed by atoms with Crippen molar-refractivity contribution in [2.75, 3.05) is 13.1 Å². The third-order valence-electron chi connectivity index (χ3n) is 5.37. The number of amides is 1. The number of aromatic nitrogens is 3. The van der Waals surface area contributed by atoms with Crippen LogP contribution < -0.4 is 0 Å². The number of imidazole rings is 1. The van der Waals surface area contributed by atoms with E-state index < -0.39 is 0 Å². The van der Waals surface area contributed by atoms with Crippen molar-refractivity contribution in [2.24, 2.45) is 5.92 Å². The summed E-state index contributed by atoms with van der Waals surface area (Å²) in [5.41, 5.74) is 5.67. The van der Waals surface area contributed by atoms with Gasteiger partial charge in [-0.2, -0.15) is 5.10 Å². The van der Waals surface area contributed by atoms with E-state index in [4.69, 9.17) is 4.98 Å². The Morgan fingerprint density at radius 2 is 1.89 bits per heavy atom. The Bertz CT molecular complexity index is 986. The molecule has 5 heteroatoms. The molecule has 1 saturated carbocycles. The van der Waals surface area contributed by atoms with E-state index in [1.807, 2.05) is 28.5 Å². The van der Waals surface area contributed by atoms with Gasteiger partial charge in [0.2, 0.25) is 5.91 Å². The summed E-state index contributed by atoms with van der Waals surface area (Å²) >= 11 is 0. The molecule has 1 aliphatic carbocycles. The fourth-order valence-corrected chi connectivity index (χ4v) is 3.63. The van der Waals surface area contributed by atoms with Gasteiger partial charge < -0.3 is 4.90 Å². The van der Waals surface area contributed by atoms with Gasteiger partial charge in [-0.1, -0.05) is 36.8 Å². The van der Waals surface area contributed by atoms with Crippen LogP contribution in [0.4, 0.5) is 0 Å². The lowest BCUT2D eigenvalue weighted by atomic mass is 10.1. The van der Waals surface area contributed by atoms with Crippen molar-refractivity contribution in [1.82, 2.24) is 19.5 Å². The SMILES string of the molecule is CCCN(CC1CC1)C(=O)Cc1c(-c2ccc(C)cc2)nc2ccc(C)nn12. The Hall–Kier alpha value is -2.69. The third-order valence-corrected chi connectivity index (χ3v) is 5.37. The van der Waals surface area contributed by atoms with E-state index in [0.29, 0.717) is 12.3 Å². The molecule has 3 aromatic rings. The average Bonchev–Trinajstić information content (AvgIpc) is 3.44. The summed E-state index contributed by atoms with van der Waals surface area (Å²) in [7, 11) is 0. The maximum absolute atomic E-state index is 13.2. The van der Waals surface area contributed by atoms with E-state index in [9.17, 15) is 4.79 Å². The maximum Gasteiger partial charge on any atom is 0.228 e. The van der Waals surface area contributed by atoms with E-state index >= 15 is 0 Å². The van der Waals surface area contributed by atoms with Gasteiger partial charge in [0.25, 0.3) is 0 Å². The number of fused-ring (bicyclic) bond motifs is 1. The highest BCUT2D eigenvalue weighted by Crippen LogP contribution is 2.30. The molecule has 0 bridgehead atoms. The Kier molecular flexibility index (Phi) is 5.16. The van der Waals surface area contributed by atoms with Gasteiger partial charge in [0.05, 0.1) is 23.5 Å². The van der Waals surface area contributed by atoms with Gasteiger partial charge in [-0.3, -0.25) is 4.79 Å². The van der Waals surface area contributed by atoms with Gasteiger partial charge >= 0.3 is 0 Å². The largest absolute Gasteiger partial charge is 0.342 e. The zero-order valence-electron chi connectivity index (χ0n) is 17.0. The first-order valence-corrected chi connectivity index (χ1v) is 10.2. The molecule has 2 aromatic heterocycles. The van der Waals surface area contributed by atoms with Crippen LogP contribution in [0.15, 0.2) is 36.4 Å². The first-order valence-electron chi connectivity index (χ1n) is 10.2. The minimum Gasteiger partial charge on any atom is -0.342 e. The summed E-state index contributed by atoms with van der Waals surface area (Å²) in [4.78, 5) is 20.0. The molecule has 0 unspecified atom stereocenters. The van der Waals surface area contributed by atoms with Crippen LogP contribution >= 0.6 is 0 Å². The van der Waals surface area contributed by atoms with Crippen LogP contribution in [0.1, 0.15) is 43.1 Å². The van der Waals surface area contributed by atoms with Crippen LogP contribution in [-0.4, -0.2) is 38.5 Å². The number of rotatable bonds is 7. The molecule has 0 N–H and O–H groups in total. The molecular weight excluding hydrogens is 348 g/mol. The van der Waals surface area contributed by atoms with Gasteiger partial charge in [-0.05, 0) is 51.2 Å². The highest BCUT2D eigenvalue weighted by Gasteiger charge is 2.27. The molecule has 1 amide bonds. The summed E-state index contributed by atoms with van der Waals surface area (Å²) in [5.74, 6) is 0.863. The first-order chi connectivity index (χ1) is 13.5. The van der Waals surface area contributed by atoms with E-state index in [2.05, 4.69) is 43.2 Å². The van der Waals surface area contributed by atoms with Crippen LogP contribution in [-0.2, 0) is 11.2 Å². The molecule has 0 spiro atoms. The van der Waals surface area contributed by atoms with E-state index in [1.54, 1.807) is 0 Å². The lowest BCUT2D eigenvalue weighted by molar-refractivity contribution is -0.130. The van der Waals surface area contributed by atoms with Crippen LogP contribution in [0, 0.1) is 19.8 Å². The number of hydrogen-bond acceptors (Lipinski definition) is 3. The Morgan fingerprint density at radius 1 is 1.14 bits per heavy atom. The highest BCUT2D eigenvalue weighted by molar-refractivity contribution is 5.81. The standard InChI is InChI=1S/C23H28N4O/c1-4-13-26(15-18-8-9-18)22(28)14-20-23(19-10-5-16(2)6-11-19)24-21-12-7-17(3)25-27(20)21/h5-7,10-12,18H,4,8-9,13-15H2,1-3H3. The van der Waals surface area contributed by atoms with Crippen LogP contribution in [0.2, 0.25) is 0 Å². The lowest BCUT2D eigenvalue weighted by Crippen LogP contribution is -2.35. The van der Waals surface area contributed by atoms with Crippen LogP contribution in [0.5, 0.6) is 0 Å². The summed E-state index contributed by atoms with van der Waals surface area (Å²) in [6.45, 7) is 7.87. The zero-order valence-corrected chi connectivity index (χ0v) is 17.0. The monoisotopic (exact) mass is 376 g/mol. The highest BCUT2D eigenvalue weighted by atomic mass is 16.2. The van der Waals surface area contributed by atoms with Crippen molar-refractivity contribution >= 4 is 11.6 Å². The van der Waals surface area contributed by atoms with Gasteiger partial charge in [-0.15, -0.1) is 0 Å². The summed E-state index contributed by atoms with van der Waals surface area (Å²) in [5, 5.41) is 4.65. The first kappa shape index (κ1) is 18.7. The number of carbonyl (C=O) groups is 1.